The molecular weight excluding hydrogens is 218 g/mol. The summed E-state index contributed by atoms with van der Waals surface area (Å²) >= 11 is 0. The zero-order chi connectivity index (χ0) is 12.1. The van der Waals surface area contributed by atoms with Gasteiger partial charge in [0.05, 0.1) is 12.3 Å². The molecule has 0 aromatic heterocycles. The van der Waals surface area contributed by atoms with Gasteiger partial charge in [0, 0.05) is 6.04 Å². The molecule has 90 valence electrons. The zero-order valence-corrected chi connectivity index (χ0v) is 9.96. The number of carbonyl (C=O) groups excluding carboxylic acids is 1. The second-order valence-corrected chi connectivity index (χ2v) is 5.60. The second kappa shape index (κ2) is 6.04. The lowest BCUT2D eigenvalue weighted by Crippen LogP contribution is -2.43. The number of nitrogens with two attached hydrogens (primary N) is 2. The summed E-state index contributed by atoms with van der Waals surface area (Å²) in [5, 5.41) is 0. The molecule has 0 spiro atoms. The van der Waals surface area contributed by atoms with Crippen molar-refractivity contribution in [3.05, 3.63) is 0 Å². The van der Waals surface area contributed by atoms with E-state index in [-0.39, 0.29) is 18.3 Å². The first-order chi connectivity index (χ1) is 6.81. The van der Waals surface area contributed by atoms with E-state index in [1.165, 1.54) is 0 Å². The van der Waals surface area contributed by atoms with Crippen LogP contribution in [-0.2, 0) is 14.8 Å². The van der Waals surface area contributed by atoms with E-state index in [9.17, 15) is 13.2 Å². The minimum atomic E-state index is -3.43. The molecule has 0 heterocycles. The third-order valence-electron chi connectivity index (χ3n) is 1.85. The summed E-state index contributed by atoms with van der Waals surface area (Å²) in [5.41, 5.74) is 10.2. The largest absolute Gasteiger partial charge is 0.369 e. The van der Waals surface area contributed by atoms with E-state index in [0.29, 0.717) is 13.0 Å². The Morgan fingerprint density at radius 2 is 1.93 bits per heavy atom. The van der Waals surface area contributed by atoms with E-state index >= 15 is 0 Å². The van der Waals surface area contributed by atoms with E-state index in [1.807, 2.05) is 0 Å². The van der Waals surface area contributed by atoms with Crippen molar-refractivity contribution < 1.29 is 13.2 Å². The molecule has 7 heteroatoms. The summed E-state index contributed by atoms with van der Waals surface area (Å²) in [4.78, 5) is 10.7. The quantitative estimate of drug-likeness (QED) is 0.583. The molecule has 0 atom stereocenters. The van der Waals surface area contributed by atoms with E-state index in [0.717, 1.165) is 4.31 Å². The van der Waals surface area contributed by atoms with Crippen molar-refractivity contribution in [3.8, 4) is 0 Å². The van der Waals surface area contributed by atoms with Crippen LogP contribution >= 0.6 is 0 Å². The fourth-order valence-corrected chi connectivity index (χ4v) is 2.87. The van der Waals surface area contributed by atoms with Gasteiger partial charge in [-0.3, -0.25) is 4.79 Å². The average Bonchev–Trinajstić information content (AvgIpc) is 2.10. The predicted molar refractivity (Wildman–Crippen MR) is 58.5 cm³/mol. The smallest absolute Gasteiger partial charge is 0.232 e. The third kappa shape index (κ3) is 5.10. The Bertz CT molecular complexity index is 300. The van der Waals surface area contributed by atoms with Crippen molar-refractivity contribution in [2.45, 2.75) is 26.3 Å². The highest BCUT2D eigenvalue weighted by molar-refractivity contribution is 7.89. The van der Waals surface area contributed by atoms with Gasteiger partial charge in [-0.25, -0.2) is 8.42 Å². The van der Waals surface area contributed by atoms with Gasteiger partial charge in [-0.2, -0.15) is 4.31 Å². The van der Waals surface area contributed by atoms with E-state index in [1.54, 1.807) is 13.8 Å². The average molecular weight is 237 g/mol. The Labute approximate surface area is 90.7 Å². The van der Waals surface area contributed by atoms with Gasteiger partial charge in [-0.1, -0.05) is 0 Å². The molecule has 0 aliphatic heterocycles. The van der Waals surface area contributed by atoms with Crippen molar-refractivity contribution in [2.24, 2.45) is 11.5 Å². The summed E-state index contributed by atoms with van der Waals surface area (Å²) in [6, 6.07) is -0.278. The molecule has 0 bridgehead atoms. The van der Waals surface area contributed by atoms with Crippen molar-refractivity contribution in [1.82, 2.24) is 4.31 Å². The molecule has 6 nitrogen and oxygen atoms in total. The fourth-order valence-electron chi connectivity index (χ4n) is 1.14. The molecule has 4 N–H and O–H groups in total. The summed E-state index contributed by atoms with van der Waals surface area (Å²) in [5.74, 6) is -0.699. The second-order valence-electron chi connectivity index (χ2n) is 3.56. The zero-order valence-electron chi connectivity index (χ0n) is 9.14. The van der Waals surface area contributed by atoms with E-state index in [4.69, 9.17) is 11.5 Å². The number of primary amides is 1. The molecule has 0 radical (unpaired) electrons. The maximum atomic E-state index is 11.7. The monoisotopic (exact) mass is 237 g/mol. The maximum Gasteiger partial charge on any atom is 0.232 e. The summed E-state index contributed by atoms with van der Waals surface area (Å²) in [7, 11) is -3.43. The summed E-state index contributed by atoms with van der Waals surface area (Å²) in [6.07, 6.45) is 0.379. The van der Waals surface area contributed by atoms with Crippen LogP contribution in [0.4, 0.5) is 0 Å². The molecule has 0 aromatic carbocycles. The lowest BCUT2D eigenvalue weighted by Gasteiger charge is -2.24. The van der Waals surface area contributed by atoms with E-state index < -0.39 is 15.9 Å². The van der Waals surface area contributed by atoms with Crippen LogP contribution in [0.2, 0.25) is 0 Å². The standard InChI is InChI=1S/C8H19N3O3S/c1-7(2)11(6-8(10)12)15(13,14)5-3-4-9/h7H,3-6,9H2,1-2H3,(H2,10,12). The van der Waals surface area contributed by atoms with Crippen LogP contribution in [0.15, 0.2) is 0 Å². The van der Waals surface area contributed by atoms with Crippen molar-refractivity contribution in [2.75, 3.05) is 18.8 Å². The number of sulfonamides is 1. The van der Waals surface area contributed by atoms with Crippen LogP contribution in [0, 0.1) is 0 Å². The van der Waals surface area contributed by atoms with Gasteiger partial charge in [0.1, 0.15) is 0 Å². The predicted octanol–water partition coefficient (Wildman–Crippen LogP) is -1.14. The molecule has 15 heavy (non-hydrogen) atoms. The van der Waals surface area contributed by atoms with Crippen molar-refractivity contribution in [1.29, 1.82) is 0 Å². The van der Waals surface area contributed by atoms with Gasteiger partial charge in [0.25, 0.3) is 0 Å². The summed E-state index contributed by atoms with van der Waals surface area (Å²) < 4.78 is 24.6. The minimum Gasteiger partial charge on any atom is -0.369 e. The lowest BCUT2D eigenvalue weighted by atomic mass is 10.4. The molecule has 0 rings (SSSR count). The van der Waals surface area contributed by atoms with Gasteiger partial charge < -0.3 is 11.5 Å². The maximum absolute atomic E-state index is 11.7. The molecule has 0 saturated heterocycles. The van der Waals surface area contributed by atoms with Gasteiger partial charge in [0.15, 0.2) is 0 Å². The Morgan fingerprint density at radius 3 is 2.27 bits per heavy atom. The number of nitrogens with zero attached hydrogens (tertiary/aromatic N) is 1. The normalized spacial score (nSPS) is 12.3. The SMILES string of the molecule is CC(C)N(CC(N)=O)S(=O)(=O)CCCN. The number of hydrogen-bond acceptors (Lipinski definition) is 4. The van der Waals surface area contributed by atoms with Crippen LogP contribution in [0.5, 0.6) is 0 Å². The van der Waals surface area contributed by atoms with Crippen LogP contribution in [0.3, 0.4) is 0 Å². The Hall–Kier alpha value is -0.660. The Morgan fingerprint density at radius 1 is 1.40 bits per heavy atom. The third-order valence-corrected chi connectivity index (χ3v) is 3.92. The first-order valence-corrected chi connectivity index (χ1v) is 6.40. The number of carbonyl (C=O) groups is 1. The first kappa shape index (κ1) is 14.3. The fraction of sp³-hybridized carbons (Fsp3) is 0.875. The van der Waals surface area contributed by atoms with Crippen LogP contribution in [-0.4, -0.2) is 43.5 Å². The Balaban J connectivity index is 4.67. The highest BCUT2D eigenvalue weighted by Crippen LogP contribution is 2.07. The van der Waals surface area contributed by atoms with E-state index in [2.05, 4.69) is 0 Å². The Kier molecular flexibility index (Phi) is 5.77. The summed E-state index contributed by atoms with van der Waals surface area (Å²) in [6.45, 7) is 3.43. The highest BCUT2D eigenvalue weighted by atomic mass is 32.2. The molecular formula is C8H19N3O3S. The highest BCUT2D eigenvalue weighted by Gasteiger charge is 2.25. The first-order valence-electron chi connectivity index (χ1n) is 4.79. The van der Waals surface area contributed by atoms with Crippen LogP contribution in [0.25, 0.3) is 0 Å². The molecule has 0 unspecified atom stereocenters. The molecule has 1 amide bonds. The van der Waals surface area contributed by atoms with Crippen LogP contribution in [0.1, 0.15) is 20.3 Å². The molecule has 0 aromatic rings. The minimum absolute atomic E-state index is 0.0467. The topological polar surface area (TPSA) is 106 Å². The van der Waals surface area contributed by atoms with Gasteiger partial charge in [-0.15, -0.1) is 0 Å². The van der Waals surface area contributed by atoms with Crippen molar-refractivity contribution in [3.63, 3.8) is 0 Å². The number of amides is 1. The van der Waals surface area contributed by atoms with Crippen LogP contribution < -0.4 is 11.5 Å². The van der Waals surface area contributed by atoms with Gasteiger partial charge >= 0.3 is 0 Å². The van der Waals surface area contributed by atoms with Gasteiger partial charge in [0.2, 0.25) is 15.9 Å². The molecule has 0 aliphatic rings. The van der Waals surface area contributed by atoms with Gasteiger partial charge in [-0.05, 0) is 26.8 Å². The number of rotatable bonds is 7. The molecule has 0 fully saturated rings. The molecule has 0 aliphatic carbocycles. The van der Waals surface area contributed by atoms with Crippen molar-refractivity contribution >= 4 is 15.9 Å². The molecule has 0 saturated carbocycles. The number of hydrogen-bond donors (Lipinski definition) is 2. The lowest BCUT2D eigenvalue weighted by molar-refractivity contribution is -0.118.